The summed E-state index contributed by atoms with van der Waals surface area (Å²) in [5.74, 6) is -0.426. The number of ether oxygens (including phenoxy) is 2. The molecule has 3 N–H and O–H groups in total. The van der Waals surface area contributed by atoms with Crippen molar-refractivity contribution >= 4 is 46.1 Å². The normalized spacial score (nSPS) is 13.7. The van der Waals surface area contributed by atoms with E-state index in [1.54, 1.807) is 44.4 Å². The number of thioether (sulfide) groups is 1. The van der Waals surface area contributed by atoms with Crippen LogP contribution >= 0.6 is 23.1 Å². The summed E-state index contributed by atoms with van der Waals surface area (Å²) in [6.07, 6.45) is -0.208. The summed E-state index contributed by atoms with van der Waals surface area (Å²) in [5.41, 5.74) is 9.89. The van der Waals surface area contributed by atoms with E-state index in [0.717, 1.165) is 27.1 Å². The molecule has 1 aliphatic heterocycles. The monoisotopic (exact) mass is 671 g/mol. The van der Waals surface area contributed by atoms with E-state index in [1.165, 1.54) is 11.3 Å². The summed E-state index contributed by atoms with van der Waals surface area (Å²) in [6, 6.07) is 29.7. The quantitative estimate of drug-likeness (QED) is 0.138. The van der Waals surface area contributed by atoms with E-state index in [9.17, 15) is 14.4 Å². The molecule has 2 amide bonds. The first-order valence-corrected chi connectivity index (χ1v) is 17.5. The van der Waals surface area contributed by atoms with Gasteiger partial charge in [0.05, 0.1) is 23.5 Å². The molecule has 0 aliphatic carbocycles. The van der Waals surface area contributed by atoms with Crippen LogP contribution in [-0.4, -0.2) is 53.4 Å². The number of benzene rings is 3. The minimum absolute atomic E-state index is 0.234. The van der Waals surface area contributed by atoms with E-state index in [4.69, 9.17) is 15.2 Å². The van der Waals surface area contributed by atoms with E-state index < -0.39 is 28.5 Å². The van der Waals surface area contributed by atoms with Crippen molar-refractivity contribution in [2.75, 3.05) is 24.6 Å². The molecule has 3 aromatic carbocycles. The van der Waals surface area contributed by atoms with Crippen molar-refractivity contribution in [1.82, 2.24) is 10.2 Å². The number of esters is 1. The molecule has 0 saturated heterocycles. The molecular formula is C37H41N3O5S2. The van der Waals surface area contributed by atoms with Crippen LogP contribution in [0.4, 0.5) is 9.80 Å². The number of fused-ring (bicyclic) bond motifs is 1. The van der Waals surface area contributed by atoms with E-state index in [0.29, 0.717) is 23.5 Å². The number of anilines is 1. The molecule has 4 aromatic rings. The molecule has 5 rings (SSSR count). The standard InChI is InChI=1S/C37H41N3O5S2/c1-5-44-34(42)31-28-21-22-40(23-30(28)47-32(31)38)33(41)29(39-35(43)45-36(2,3)4)24-46-37(25-15-9-6-10-16-25,26-17-11-7-12-18-26)27-19-13-8-14-20-27/h6-20,29H,5,21-24,38H2,1-4H3,(H,39,43)/t29-/m0/s1. The number of nitrogens with one attached hydrogen (secondary N) is 1. The molecule has 1 aliphatic rings. The third-order valence-electron chi connectivity index (χ3n) is 7.87. The first-order valence-electron chi connectivity index (χ1n) is 15.7. The Morgan fingerprint density at radius 2 is 1.45 bits per heavy atom. The number of carbonyl (C=O) groups excluding carboxylic acids is 3. The molecule has 0 fully saturated rings. The zero-order valence-corrected chi connectivity index (χ0v) is 28.8. The average Bonchev–Trinajstić information content (AvgIpc) is 3.40. The number of carbonyl (C=O) groups is 3. The fourth-order valence-corrected chi connectivity index (χ4v) is 8.53. The summed E-state index contributed by atoms with van der Waals surface area (Å²) in [4.78, 5) is 42.8. The molecule has 2 heterocycles. The van der Waals surface area contributed by atoms with Crippen LogP contribution in [0.15, 0.2) is 91.0 Å². The predicted octanol–water partition coefficient (Wildman–Crippen LogP) is 7.01. The van der Waals surface area contributed by atoms with Gasteiger partial charge < -0.3 is 25.4 Å². The molecule has 1 atom stereocenters. The van der Waals surface area contributed by atoms with Crippen LogP contribution in [0.25, 0.3) is 0 Å². The minimum Gasteiger partial charge on any atom is -0.462 e. The van der Waals surface area contributed by atoms with Crippen LogP contribution in [0.1, 0.15) is 65.2 Å². The Bertz CT molecular complexity index is 1590. The summed E-state index contributed by atoms with van der Waals surface area (Å²) >= 11 is 2.89. The topological polar surface area (TPSA) is 111 Å². The Kier molecular flexibility index (Phi) is 10.6. The molecule has 0 unspecified atom stereocenters. The maximum absolute atomic E-state index is 14.4. The maximum atomic E-state index is 14.4. The number of nitrogen functional groups attached to an aromatic ring is 1. The van der Waals surface area contributed by atoms with E-state index >= 15 is 0 Å². The van der Waals surface area contributed by atoms with Gasteiger partial charge in [0.2, 0.25) is 5.91 Å². The SMILES string of the molecule is CCOC(=O)c1c(N)sc2c1CCN(C(=O)[C@H](CSC(c1ccccc1)(c1ccccc1)c1ccccc1)NC(=O)OC(C)(C)C)C2. The number of rotatable bonds is 10. The Morgan fingerprint density at radius 1 is 0.915 bits per heavy atom. The second-order valence-corrected chi connectivity index (χ2v) is 14.6. The molecule has 47 heavy (non-hydrogen) atoms. The zero-order valence-electron chi connectivity index (χ0n) is 27.2. The lowest BCUT2D eigenvalue weighted by atomic mass is 9.84. The van der Waals surface area contributed by atoms with Crippen molar-refractivity contribution in [1.29, 1.82) is 0 Å². The first-order chi connectivity index (χ1) is 22.5. The molecule has 10 heteroatoms. The first kappa shape index (κ1) is 34.1. The highest BCUT2D eigenvalue weighted by Crippen LogP contribution is 2.48. The van der Waals surface area contributed by atoms with E-state index in [-0.39, 0.29) is 24.8 Å². The average molecular weight is 672 g/mol. The lowest BCUT2D eigenvalue weighted by Gasteiger charge is -2.37. The van der Waals surface area contributed by atoms with Gasteiger partial charge in [-0.2, -0.15) is 0 Å². The summed E-state index contributed by atoms with van der Waals surface area (Å²) in [5, 5.41) is 3.29. The van der Waals surface area contributed by atoms with Crippen molar-refractivity contribution < 1.29 is 23.9 Å². The fraction of sp³-hybridized carbons (Fsp3) is 0.324. The molecule has 1 aromatic heterocycles. The third kappa shape index (κ3) is 7.66. The predicted molar refractivity (Wildman–Crippen MR) is 189 cm³/mol. The summed E-state index contributed by atoms with van der Waals surface area (Å²) < 4.78 is 10.2. The Balaban J connectivity index is 1.50. The number of thiophene rings is 1. The van der Waals surface area contributed by atoms with Gasteiger partial charge in [-0.25, -0.2) is 9.59 Å². The molecule has 8 nitrogen and oxygen atoms in total. The van der Waals surface area contributed by atoms with Gasteiger partial charge in [-0.15, -0.1) is 23.1 Å². The van der Waals surface area contributed by atoms with Crippen LogP contribution in [0.3, 0.4) is 0 Å². The van der Waals surface area contributed by atoms with E-state index in [2.05, 4.69) is 41.7 Å². The van der Waals surface area contributed by atoms with Crippen LogP contribution in [-0.2, 0) is 32.0 Å². The Hall–Kier alpha value is -4.28. The molecule has 0 radical (unpaired) electrons. The van der Waals surface area contributed by atoms with Crippen LogP contribution in [0.2, 0.25) is 0 Å². The molecule has 0 saturated carbocycles. The summed E-state index contributed by atoms with van der Waals surface area (Å²) in [7, 11) is 0. The number of hydrogen-bond acceptors (Lipinski definition) is 8. The maximum Gasteiger partial charge on any atom is 0.408 e. The largest absolute Gasteiger partial charge is 0.462 e. The van der Waals surface area contributed by atoms with Gasteiger partial charge in [0.15, 0.2) is 0 Å². The molecule has 246 valence electrons. The van der Waals surface area contributed by atoms with Crippen molar-refractivity contribution in [2.45, 2.75) is 57.1 Å². The third-order valence-corrected chi connectivity index (χ3v) is 10.6. The second-order valence-electron chi connectivity index (χ2n) is 12.3. The highest BCUT2D eigenvalue weighted by atomic mass is 32.2. The number of hydrogen-bond donors (Lipinski definition) is 2. The summed E-state index contributed by atoms with van der Waals surface area (Å²) in [6.45, 7) is 8.02. The second kappa shape index (κ2) is 14.6. The van der Waals surface area contributed by atoms with Crippen LogP contribution < -0.4 is 11.1 Å². The van der Waals surface area contributed by atoms with Crippen molar-refractivity contribution in [2.24, 2.45) is 0 Å². The molecular weight excluding hydrogens is 631 g/mol. The smallest absolute Gasteiger partial charge is 0.408 e. The zero-order chi connectivity index (χ0) is 33.6. The lowest BCUT2D eigenvalue weighted by Crippen LogP contribution is -2.52. The Labute approximate surface area is 284 Å². The fourth-order valence-electron chi connectivity index (χ4n) is 5.86. The van der Waals surface area contributed by atoms with Gasteiger partial charge in [-0.1, -0.05) is 91.0 Å². The van der Waals surface area contributed by atoms with Gasteiger partial charge in [0.25, 0.3) is 0 Å². The van der Waals surface area contributed by atoms with Crippen molar-refractivity contribution in [3.05, 3.63) is 124 Å². The van der Waals surface area contributed by atoms with Crippen molar-refractivity contribution in [3.63, 3.8) is 0 Å². The van der Waals surface area contributed by atoms with Gasteiger partial charge in [0.1, 0.15) is 16.6 Å². The van der Waals surface area contributed by atoms with Gasteiger partial charge in [-0.3, -0.25) is 4.79 Å². The number of alkyl carbamates (subject to hydrolysis) is 1. The highest BCUT2D eigenvalue weighted by molar-refractivity contribution is 8.00. The Morgan fingerprint density at radius 3 is 1.94 bits per heavy atom. The number of nitrogens with two attached hydrogens (primary N) is 1. The molecule has 0 bridgehead atoms. The lowest BCUT2D eigenvalue weighted by molar-refractivity contribution is -0.133. The van der Waals surface area contributed by atoms with E-state index in [1.807, 2.05) is 54.6 Å². The number of amides is 2. The number of nitrogens with zero attached hydrogens (tertiary/aromatic N) is 1. The van der Waals surface area contributed by atoms with Crippen LogP contribution in [0.5, 0.6) is 0 Å². The van der Waals surface area contributed by atoms with Crippen molar-refractivity contribution in [3.8, 4) is 0 Å². The minimum atomic E-state index is -0.909. The van der Waals surface area contributed by atoms with Gasteiger partial charge in [0, 0.05) is 17.2 Å². The van der Waals surface area contributed by atoms with Gasteiger partial charge in [-0.05, 0) is 56.4 Å². The van der Waals surface area contributed by atoms with Gasteiger partial charge >= 0.3 is 12.1 Å². The van der Waals surface area contributed by atoms with Crippen LogP contribution in [0, 0.1) is 0 Å². The highest BCUT2D eigenvalue weighted by Gasteiger charge is 2.40. The molecule has 0 spiro atoms.